The zero-order chi connectivity index (χ0) is 12.3. The van der Waals surface area contributed by atoms with Crippen LogP contribution in [0.25, 0.3) is 0 Å². The van der Waals surface area contributed by atoms with Crippen LogP contribution in [0.3, 0.4) is 0 Å². The maximum Gasteiger partial charge on any atom is 0.0245 e. The van der Waals surface area contributed by atoms with E-state index in [1.54, 1.807) is 11.3 Å². The molecular weight excluding hydrogens is 228 g/mol. The van der Waals surface area contributed by atoms with Crippen molar-refractivity contribution >= 4 is 11.3 Å². The fraction of sp³-hybridized carbons (Fsp3) is 0.714. The molecule has 17 heavy (non-hydrogen) atoms. The molecule has 1 fully saturated rings. The zero-order valence-electron chi connectivity index (χ0n) is 10.9. The standard InChI is InChI=1S/C14H24N2S/c1-11(2)7-13(15)9-16(14-3-4-14)8-12-5-6-17-10-12/h5-6,10-11,13-14H,3-4,7-9,15H2,1-2H3. The number of hydrogen-bond donors (Lipinski definition) is 1. The van der Waals surface area contributed by atoms with Gasteiger partial charge in [0.05, 0.1) is 0 Å². The van der Waals surface area contributed by atoms with E-state index in [0.29, 0.717) is 12.0 Å². The van der Waals surface area contributed by atoms with Crippen molar-refractivity contribution in [2.75, 3.05) is 6.54 Å². The van der Waals surface area contributed by atoms with Gasteiger partial charge in [0.1, 0.15) is 0 Å². The summed E-state index contributed by atoms with van der Waals surface area (Å²) < 4.78 is 0. The normalized spacial score (nSPS) is 17.9. The molecule has 2 rings (SSSR count). The molecule has 0 radical (unpaired) electrons. The molecule has 1 aromatic rings. The lowest BCUT2D eigenvalue weighted by Crippen LogP contribution is -2.39. The quantitative estimate of drug-likeness (QED) is 0.808. The van der Waals surface area contributed by atoms with E-state index < -0.39 is 0 Å². The Bertz CT molecular complexity index is 317. The summed E-state index contributed by atoms with van der Waals surface area (Å²) >= 11 is 1.79. The van der Waals surface area contributed by atoms with Crippen LogP contribution in [0, 0.1) is 5.92 Å². The molecule has 1 heterocycles. The lowest BCUT2D eigenvalue weighted by atomic mass is 10.0. The zero-order valence-corrected chi connectivity index (χ0v) is 11.7. The smallest absolute Gasteiger partial charge is 0.0245 e. The second-order valence-corrected chi connectivity index (χ2v) is 6.46. The van der Waals surface area contributed by atoms with Crippen molar-refractivity contribution in [3.05, 3.63) is 22.4 Å². The molecule has 0 amide bonds. The van der Waals surface area contributed by atoms with Gasteiger partial charge in [-0.05, 0) is 47.6 Å². The monoisotopic (exact) mass is 252 g/mol. The first-order valence-electron chi connectivity index (χ1n) is 6.66. The average molecular weight is 252 g/mol. The van der Waals surface area contributed by atoms with Crippen LogP contribution in [0.15, 0.2) is 16.8 Å². The molecular formula is C14H24N2S. The van der Waals surface area contributed by atoms with Crippen LogP contribution in [0.2, 0.25) is 0 Å². The van der Waals surface area contributed by atoms with Crippen LogP contribution < -0.4 is 5.73 Å². The Labute approximate surface area is 109 Å². The molecule has 1 unspecified atom stereocenters. The molecule has 96 valence electrons. The Hall–Kier alpha value is -0.380. The van der Waals surface area contributed by atoms with Crippen LogP contribution in [-0.2, 0) is 6.54 Å². The summed E-state index contributed by atoms with van der Waals surface area (Å²) in [7, 11) is 0. The van der Waals surface area contributed by atoms with E-state index in [0.717, 1.165) is 25.6 Å². The minimum atomic E-state index is 0.328. The molecule has 1 aromatic heterocycles. The number of hydrogen-bond acceptors (Lipinski definition) is 3. The molecule has 1 aliphatic carbocycles. The summed E-state index contributed by atoms with van der Waals surface area (Å²) in [5.41, 5.74) is 7.67. The topological polar surface area (TPSA) is 29.3 Å². The lowest BCUT2D eigenvalue weighted by Gasteiger charge is -2.26. The lowest BCUT2D eigenvalue weighted by molar-refractivity contribution is 0.228. The SMILES string of the molecule is CC(C)CC(N)CN(Cc1ccsc1)C1CC1. The Kier molecular flexibility index (Phi) is 4.60. The second-order valence-electron chi connectivity index (χ2n) is 5.68. The second kappa shape index (κ2) is 5.98. The van der Waals surface area contributed by atoms with Crippen LogP contribution in [0.1, 0.15) is 38.7 Å². The molecule has 0 bridgehead atoms. The number of nitrogens with zero attached hydrogens (tertiary/aromatic N) is 1. The summed E-state index contributed by atoms with van der Waals surface area (Å²) in [5, 5.41) is 4.41. The van der Waals surface area contributed by atoms with Gasteiger partial charge in [-0.3, -0.25) is 4.90 Å². The first kappa shape index (κ1) is 13.1. The molecule has 2 N–H and O–H groups in total. The van der Waals surface area contributed by atoms with Gasteiger partial charge in [-0.15, -0.1) is 0 Å². The highest BCUT2D eigenvalue weighted by Gasteiger charge is 2.29. The Morgan fingerprint density at radius 1 is 1.47 bits per heavy atom. The third-order valence-corrected chi connectivity index (χ3v) is 4.00. The van der Waals surface area contributed by atoms with Gasteiger partial charge in [0.15, 0.2) is 0 Å². The van der Waals surface area contributed by atoms with Gasteiger partial charge < -0.3 is 5.73 Å². The molecule has 1 saturated carbocycles. The molecule has 0 saturated heterocycles. The van der Waals surface area contributed by atoms with Crippen molar-refractivity contribution in [1.29, 1.82) is 0 Å². The van der Waals surface area contributed by atoms with Crippen molar-refractivity contribution in [2.45, 2.75) is 51.7 Å². The van der Waals surface area contributed by atoms with Gasteiger partial charge in [0.25, 0.3) is 0 Å². The van der Waals surface area contributed by atoms with Crippen LogP contribution in [0.5, 0.6) is 0 Å². The third-order valence-electron chi connectivity index (χ3n) is 3.27. The van der Waals surface area contributed by atoms with Crippen molar-refractivity contribution in [1.82, 2.24) is 4.90 Å². The predicted molar refractivity (Wildman–Crippen MR) is 75.2 cm³/mol. The molecule has 0 spiro atoms. The van der Waals surface area contributed by atoms with Crippen LogP contribution >= 0.6 is 11.3 Å². The van der Waals surface area contributed by atoms with Crippen molar-refractivity contribution in [2.24, 2.45) is 11.7 Å². The van der Waals surface area contributed by atoms with E-state index in [1.165, 1.54) is 18.4 Å². The molecule has 3 heteroatoms. The summed E-state index contributed by atoms with van der Waals surface area (Å²) in [4.78, 5) is 2.58. The summed E-state index contributed by atoms with van der Waals surface area (Å²) in [6.07, 6.45) is 3.85. The van der Waals surface area contributed by atoms with Crippen molar-refractivity contribution in [3.63, 3.8) is 0 Å². The van der Waals surface area contributed by atoms with Crippen molar-refractivity contribution < 1.29 is 0 Å². The highest BCUT2D eigenvalue weighted by Crippen LogP contribution is 2.29. The summed E-state index contributed by atoms with van der Waals surface area (Å²) in [6, 6.07) is 3.36. The molecule has 0 aliphatic heterocycles. The van der Waals surface area contributed by atoms with E-state index in [9.17, 15) is 0 Å². The Morgan fingerprint density at radius 2 is 2.24 bits per heavy atom. The molecule has 1 aliphatic rings. The Balaban J connectivity index is 1.84. The molecule has 0 aromatic carbocycles. The summed E-state index contributed by atoms with van der Waals surface area (Å²) in [5.74, 6) is 0.701. The summed E-state index contributed by atoms with van der Waals surface area (Å²) in [6.45, 7) is 6.64. The van der Waals surface area contributed by atoms with E-state index in [-0.39, 0.29) is 0 Å². The van der Waals surface area contributed by atoms with E-state index in [1.807, 2.05) is 0 Å². The largest absolute Gasteiger partial charge is 0.327 e. The maximum atomic E-state index is 6.23. The number of rotatable bonds is 7. The predicted octanol–water partition coefficient (Wildman–Crippen LogP) is 3.09. The van der Waals surface area contributed by atoms with E-state index in [4.69, 9.17) is 5.73 Å². The van der Waals surface area contributed by atoms with Crippen molar-refractivity contribution in [3.8, 4) is 0 Å². The minimum absolute atomic E-state index is 0.328. The van der Waals surface area contributed by atoms with E-state index in [2.05, 4.69) is 35.6 Å². The highest BCUT2D eigenvalue weighted by molar-refractivity contribution is 7.07. The van der Waals surface area contributed by atoms with Gasteiger partial charge in [0, 0.05) is 25.2 Å². The fourth-order valence-electron chi connectivity index (χ4n) is 2.38. The first-order chi connectivity index (χ1) is 8.15. The van der Waals surface area contributed by atoms with Crippen LogP contribution in [-0.4, -0.2) is 23.5 Å². The van der Waals surface area contributed by atoms with Gasteiger partial charge in [-0.25, -0.2) is 0 Å². The van der Waals surface area contributed by atoms with Gasteiger partial charge in [0.2, 0.25) is 0 Å². The van der Waals surface area contributed by atoms with E-state index >= 15 is 0 Å². The fourth-order valence-corrected chi connectivity index (χ4v) is 3.04. The molecule has 1 atom stereocenters. The average Bonchev–Trinajstić information content (AvgIpc) is 2.96. The minimum Gasteiger partial charge on any atom is -0.327 e. The Morgan fingerprint density at radius 3 is 2.76 bits per heavy atom. The van der Waals surface area contributed by atoms with Gasteiger partial charge >= 0.3 is 0 Å². The first-order valence-corrected chi connectivity index (χ1v) is 7.60. The van der Waals surface area contributed by atoms with Crippen LogP contribution in [0.4, 0.5) is 0 Å². The number of thiophene rings is 1. The number of nitrogens with two attached hydrogens (primary N) is 1. The third kappa shape index (κ3) is 4.41. The highest BCUT2D eigenvalue weighted by atomic mass is 32.1. The maximum absolute atomic E-state index is 6.23. The van der Waals surface area contributed by atoms with Gasteiger partial charge in [-0.2, -0.15) is 11.3 Å². The molecule has 2 nitrogen and oxygen atoms in total. The van der Waals surface area contributed by atoms with Gasteiger partial charge in [-0.1, -0.05) is 13.8 Å².